The van der Waals surface area contributed by atoms with Crippen LogP contribution in [-0.2, 0) is 0 Å². The van der Waals surface area contributed by atoms with Crippen molar-refractivity contribution in [2.75, 3.05) is 50.6 Å². The number of aliphatic hydroxyl groups is 1. The van der Waals surface area contributed by atoms with Gasteiger partial charge in [0.05, 0.1) is 20.3 Å². The minimum absolute atomic E-state index is 0.0257. The molecule has 33 heavy (non-hydrogen) atoms. The van der Waals surface area contributed by atoms with Crippen molar-refractivity contribution in [1.82, 2.24) is 14.9 Å². The van der Waals surface area contributed by atoms with Gasteiger partial charge in [-0.15, -0.1) is 0 Å². The number of aromatic hydroxyl groups is 1. The molecule has 3 aliphatic rings. The summed E-state index contributed by atoms with van der Waals surface area (Å²) in [5, 5.41) is 23.1. The standard InChI is InChI=1S/C24H31N5O4/c1-14-8-25-24(26-17-6-20(31)22(33-3)21(7-17)32-2)27-23(14)29-10-16(9-28-11-18(30)12-28)19(13-29)15-4-5-15/h6-8,10,15,18-19,30-31H,4-5,9,11-13H2,1-3H3,(H,25,26,27). The molecule has 2 aliphatic heterocycles. The number of nitrogens with zero attached hydrogens (tertiary/aromatic N) is 4. The fraction of sp³-hybridized carbons (Fsp3) is 0.500. The van der Waals surface area contributed by atoms with Gasteiger partial charge in [0, 0.05) is 67.9 Å². The number of benzene rings is 1. The highest BCUT2D eigenvalue weighted by molar-refractivity contribution is 5.66. The SMILES string of the molecule is COc1cc(Nc2ncc(C)c(N3C=C(CN4CC(O)C4)C(C4CC4)C3)n2)cc(O)c1OC. The van der Waals surface area contributed by atoms with Gasteiger partial charge in [-0.2, -0.15) is 4.98 Å². The monoisotopic (exact) mass is 453 g/mol. The first-order valence-corrected chi connectivity index (χ1v) is 11.4. The second-order valence-corrected chi connectivity index (χ2v) is 9.20. The maximum Gasteiger partial charge on any atom is 0.229 e. The number of hydrogen-bond acceptors (Lipinski definition) is 9. The Morgan fingerprint density at radius 1 is 1.15 bits per heavy atom. The number of hydrogen-bond donors (Lipinski definition) is 3. The molecule has 0 bridgehead atoms. The van der Waals surface area contributed by atoms with Crippen LogP contribution < -0.4 is 19.7 Å². The number of nitrogens with one attached hydrogen (secondary N) is 1. The zero-order valence-corrected chi connectivity index (χ0v) is 19.3. The van der Waals surface area contributed by atoms with Crippen molar-refractivity contribution in [2.45, 2.75) is 25.9 Å². The third-order valence-electron chi connectivity index (χ3n) is 6.66. The molecule has 176 valence electrons. The van der Waals surface area contributed by atoms with Gasteiger partial charge in [-0.05, 0) is 31.3 Å². The summed E-state index contributed by atoms with van der Waals surface area (Å²) in [5.41, 5.74) is 3.04. The Kier molecular flexibility index (Phi) is 5.76. The molecular weight excluding hydrogens is 422 g/mol. The maximum atomic E-state index is 10.3. The fourth-order valence-corrected chi connectivity index (χ4v) is 4.79. The molecule has 0 spiro atoms. The first kappa shape index (κ1) is 21.8. The third kappa shape index (κ3) is 4.43. The van der Waals surface area contributed by atoms with E-state index in [2.05, 4.69) is 26.3 Å². The number of rotatable bonds is 8. The summed E-state index contributed by atoms with van der Waals surface area (Å²) >= 11 is 0. The molecule has 3 N–H and O–H groups in total. The van der Waals surface area contributed by atoms with E-state index in [0.717, 1.165) is 43.5 Å². The number of likely N-dealkylation sites (tertiary alicyclic amines) is 1. The number of aryl methyl sites for hydroxylation is 1. The van der Waals surface area contributed by atoms with Crippen LogP contribution in [0.5, 0.6) is 17.2 Å². The van der Waals surface area contributed by atoms with Crippen LogP contribution in [0.4, 0.5) is 17.5 Å². The number of anilines is 3. The minimum atomic E-state index is -0.184. The lowest BCUT2D eigenvalue weighted by Crippen LogP contribution is -2.51. The van der Waals surface area contributed by atoms with Crippen LogP contribution in [0.3, 0.4) is 0 Å². The van der Waals surface area contributed by atoms with Gasteiger partial charge in [0.1, 0.15) is 5.82 Å². The van der Waals surface area contributed by atoms with Gasteiger partial charge in [0.2, 0.25) is 11.7 Å². The van der Waals surface area contributed by atoms with Crippen LogP contribution in [0, 0.1) is 18.8 Å². The second kappa shape index (κ2) is 8.72. The van der Waals surface area contributed by atoms with Gasteiger partial charge in [-0.3, -0.25) is 4.90 Å². The maximum absolute atomic E-state index is 10.3. The molecule has 1 aromatic carbocycles. The molecule has 2 fully saturated rings. The van der Waals surface area contributed by atoms with E-state index in [-0.39, 0.29) is 17.6 Å². The Morgan fingerprint density at radius 2 is 1.94 bits per heavy atom. The van der Waals surface area contributed by atoms with Crippen LogP contribution in [-0.4, -0.2) is 71.6 Å². The Morgan fingerprint density at radius 3 is 2.61 bits per heavy atom. The molecule has 1 unspecified atom stereocenters. The van der Waals surface area contributed by atoms with E-state index in [1.807, 2.05) is 13.1 Å². The zero-order chi connectivity index (χ0) is 23.1. The molecular formula is C24H31N5O4. The Bertz CT molecular complexity index is 1070. The molecule has 1 atom stereocenters. The zero-order valence-electron chi connectivity index (χ0n) is 19.3. The number of β-amino-alcohol motifs (C(OH)–C–C–N with tert-alkyl or cyclic N) is 1. The van der Waals surface area contributed by atoms with E-state index in [1.54, 1.807) is 12.1 Å². The molecule has 2 aromatic rings. The lowest BCUT2D eigenvalue weighted by atomic mass is 9.95. The van der Waals surface area contributed by atoms with Crippen LogP contribution >= 0.6 is 0 Å². The first-order chi connectivity index (χ1) is 15.9. The summed E-state index contributed by atoms with van der Waals surface area (Å²) in [4.78, 5) is 13.8. The van der Waals surface area contributed by atoms with E-state index in [1.165, 1.54) is 32.6 Å². The van der Waals surface area contributed by atoms with Crippen molar-refractivity contribution in [2.24, 2.45) is 11.8 Å². The number of phenols is 1. The Balaban J connectivity index is 1.37. The molecule has 0 amide bonds. The van der Waals surface area contributed by atoms with Gasteiger partial charge < -0.3 is 29.9 Å². The molecule has 9 heteroatoms. The minimum Gasteiger partial charge on any atom is -0.504 e. The van der Waals surface area contributed by atoms with Gasteiger partial charge in [0.25, 0.3) is 0 Å². The summed E-state index contributed by atoms with van der Waals surface area (Å²) in [6, 6.07) is 3.29. The van der Waals surface area contributed by atoms with Crippen molar-refractivity contribution in [3.63, 3.8) is 0 Å². The molecule has 1 aliphatic carbocycles. The third-order valence-corrected chi connectivity index (χ3v) is 6.66. The molecule has 1 aromatic heterocycles. The molecule has 5 rings (SSSR count). The Hall–Kier alpha value is -3.04. The van der Waals surface area contributed by atoms with E-state index >= 15 is 0 Å². The normalized spacial score (nSPS) is 21.0. The number of aliphatic hydroxyl groups excluding tert-OH is 1. The fourth-order valence-electron chi connectivity index (χ4n) is 4.79. The largest absolute Gasteiger partial charge is 0.504 e. The van der Waals surface area contributed by atoms with E-state index in [0.29, 0.717) is 23.3 Å². The highest BCUT2D eigenvalue weighted by Crippen LogP contribution is 2.45. The van der Waals surface area contributed by atoms with Crippen molar-refractivity contribution in [3.8, 4) is 17.2 Å². The summed E-state index contributed by atoms with van der Waals surface area (Å²) in [6.07, 6.45) is 6.45. The Labute approximate surface area is 193 Å². The summed E-state index contributed by atoms with van der Waals surface area (Å²) in [6.45, 7) is 5.37. The lowest BCUT2D eigenvalue weighted by molar-refractivity contribution is 0.00708. The van der Waals surface area contributed by atoms with Gasteiger partial charge in [-0.1, -0.05) is 0 Å². The van der Waals surface area contributed by atoms with Crippen molar-refractivity contribution < 1.29 is 19.7 Å². The van der Waals surface area contributed by atoms with E-state index in [9.17, 15) is 10.2 Å². The predicted octanol–water partition coefficient (Wildman–Crippen LogP) is 2.66. The number of methoxy groups -OCH3 is 2. The van der Waals surface area contributed by atoms with Crippen molar-refractivity contribution in [1.29, 1.82) is 0 Å². The highest BCUT2D eigenvalue weighted by atomic mass is 16.5. The molecule has 1 saturated carbocycles. The lowest BCUT2D eigenvalue weighted by Gasteiger charge is -2.36. The smallest absolute Gasteiger partial charge is 0.229 e. The van der Waals surface area contributed by atoms with Crippen LogP contribution in [0.2, 0.25) is 0 Å². The van der Waals surface area contributed by atoms with Gasteiger partial charge in [0.15, 0.2) is 11.5 Å². The molecule has 9 nitrogen and oxygen atoms in total. The van der Waals surface area contributed by atoms with E-state index < -0.39 is 0 Å². The molecule has 0 radical (unpaired) electrons. The van der Waals surface area contributed by atoms with Crippen LogP contribution in [0.15, 0.2) is 30.1 Å². The summed E-state index contributed by atoms with van der Waals surface area (Å²) < 4.78 is 10.5. The number of phenolic OH excluding ortho intramolecular Hbond substituents is 1. The van der Waals surface area contributed by atoms with Crippen molar-refractivity contribution in [3.05, 3.63) is 35.7 Å². The number of aromatic nitrogens is 2. The topological polar surface area (TPSA) is 103 Å². The van der Waals surface area contributed by atoms with Crippen LogP contribution in [0.1, 0.15) is 18.4 Å². The summed E-state index contributed by atoms with van der Waals surface area (Å²) in [7, 11) is 3.01. The highest BCUT2D eigenvalue weighted by Gasteiger charge is 2.40. The summed E-state index contributed by atoms with van der Waals surface area (Å²) in [5.74, 6) is 3.28. The molecule has 3 heterocycles. The first-order valence-electron chi connectivity index (χ1n) is 11.4. The molecule has 1 saturated heterocycles. The predicted molar refractivity (Wildman–Crippen MR) is 125 cm³/mol. The van der Waals surface area contributed by atoms with Gasteiger partial charge >= 0.3 is 0 Å². The van der Waals surface area contributed by atoms with Crippen molar-refractivity contribution >= 4 is 17.5 Å². The second-order valence-electron chi connectivity index (χ2n) is 9.20. The average Bonchev–Trinajstić information content (AvgIpc) is 3.53. The average molecular weight is 454 g/mol. The van der Waals surface area contributed by atoms with Crippen LogP contribution in [0.25, 0.3) is 0 Å². The van der Waals surface area contributed by atoms with E-state index in [4.69, 9.17) is 14.5 Å². The quantitative estimate of drug-likeness (QED) is 0.557. The van der Waals surface area contributed by atoms with Gasteiger partial charge in [-0.25, -0.2) is 4.98 Å². The number of ether oxygens (including phenoxy) is 2.